The van der Waals surface area contributed by atoms with Crippen LogP contribution < -0.4 is 14.8 Å². The minimum Gasteiger partial charge on any atom is -0.493 e. The number of nitro groups is 1. The number of hydrogen-bond acceptors (Lipinski definition) is 9. The normalized spacial score (nSPS) is 10.8. The van der Waals surface area contributed by atoms with E-state index < -0.39 is 4.92 Å². The molecule has 0 aliphatic carbocycles. The molecule has 0 radical (unpaired) electrons. The highest BCUT2D eigenvalue weighted by Crippen LogP contribution is 2.34. The smallest absolute Gasteiger partial charge is 0.269 e. The van der Waals surface area contributed by atoms with E-state index in [-0.39, 0.29) is 12.3 Å². The molecule has 0 unspecified atom stereocenters. The number of methoxy groups -OCH3 is 1. The Balaban J connectivity index is 1.29. The molecular formula is C24H23BrN6O4S. The van der Waals surface area contributed by atoms with Gasteiger partial charge in [0, 0.05) is 35.4 Å². The molecule has 1 aromatic heterocycles. The first-order valence-electron chi connectivity index (χ1n) is 10.9. The number of nitrogens with one attached hydrogen (secondary N) is 1. The molecule has 12 heteroatoms. The van der Waals surface area contributed by atoms with Crippen molar-refractivity contribution < 1.29 is 14.4 Å². The predicted molar refractivity (Wildman–Crippen MR) is 140 cm³/mol. The monoisotopic (exact) mass is 570 g/mol. The van der Waals surface area contributed by atoms with E-state index in [2.05, 4.69) is 36.8 Å². The van der Waals surface area contributed by atoms with Crippen LogP contribution in [-0.4, -0.2) is 44.5 Å². The van der Waals surface area contributed by atoms with E-state index in [1.807, 2.05) is 42.5 Å². The Morgan fingerprint density at radius 3 is 2.61 bits per heavy atom. The van der Waals surface area contributed by atoms with Crippen LogP contribution in [0.1, 0.15) is 11.1 Å². The van der Waals surface area contributed by atoms with Crippen molar-refractivity contribution in [2.75, 3.05) is 19.4 Å². The number of hydrogen-bond donors (Lipinski definition) is 1. The first-order chi connectivity index (χ1) is 17.5. The highest BCUT2D eigenvalue weighted by Gasteiger charge is 2.12. The van der Waals surface area contributed by atoms with Crippen molar-refractivity contribution >= 4 is 33.4 Å². The zero-order valence-electron chi connectivity index (χ0n) is 19.3. The van der Waals surface area contributed by atoms with E-state index in [0.717, 1.165) is 38.7 Å². The summed E-state index contributed by atoms with van der Waals surface area (Å²) >= 11 is 5.19. The van der Waals surface area contributed by atoms with Gasteiger partial charge in [-0.3, -0.25) is 10.1 Å². The first-order valence-corrected chi connectivity index (χ1v) is 12.7. The summed E-state index contributed by atoms with van der Waals surface area (Å²) in [6.45, 7) is 1.64. The molecule has 36 heavy (non-hydrogen) atoms. The zero-order valence-corrected chi connectivity index (χ0v) is 21.7. The first kappa shape index (κ1) is 25.6. The summed E-state index contributed by atoms with van der Waals surface area (Å²) in [5, 5.41) is 27.0. The molecule has 0 saturated carbocycles. The van der Waals surface area contributed by atoms with Crippen molar-refractivity contribution in [3.8, 4) is 17.2 Å². The van der Waals surface area contributed by atoms with Crippen LogP contribution in [-0.2, 0) is 13.2 Å². The Morgan fingerprint density at radius 2 is 1.89 bits per heavy atom. The van der Waals surface area contributed by atoms with Gasteiger partial charge in [-0.05, 0) is 58.0 Å². The molecule has 3 aromatic carbocycles. The number of non-ortho nitro benzene ring substituents is 1. The van der Waals surface area contributed by atoms with Crippen molar-refractivity contribution in [3.05, 3.63) is 92.4 Å². The van der Waals surface area contributed by atoms with E-state index in [1.54, 1.807) is 35.7 Å². The maximum absolute atomic E-state index is 10.8. The number of aromatic nitrogens is 4. The summed E-state index contributed by atoms with van der Waals surface area (Å²) in [4.78, 5) is 10.4. The van der Waals surface area contributed by atoms with Gasteiger partial charge in [0.2, 0.25) is 5.16 Å². The number of nitro benzene ring substituents is 1. The van der Waals surface area contributed by atoms with Crippen molar-refractivity contribution in [1.82, 2.24) is 25.5 Å². The average Bonchev–Trinajstić information content (AvgIpc) is 3.37. The van der Waals surface area contributed by atoms with Crippen LogP contribution in [0.15, 0.2) is 76.4 Å². The van der Waals surface area contributed by atoms with Crippen molar-refractivity contribution in [3.63, 3.8) is 0 Å². The zero-order chi connectivity index (χ0) is 25.3. The molecule has 10 nitrogen and oxygen atoms in total. The van der Waals surface area contributed by atoms with Gasteiger partial charge in [0.1, 0.15) is 6.61 Å². The molecule has 0 atom stereocenters. The number of ether oxygens (including phenoxy) is 2. The third-order valence-electron chi connectivity index (χ3n) is 5.14. The van der Waals surface area contributed by atoms with Gasteiger partial charge < -0.3 is 14.8 Å². The van der Waals surface area contributed by atoms with Gasteiger partial charge in [-0.1, -0.05) is 45.9 Å². The molecule has 0 amide bonds. The summed E-state index contributed by atoms with van der Waals surface area (Å²) < 4.78 is 14.0. The van der Waals surface area contributed by atoms with Gasteiger partial charge in [0.15, 0.2) is 11.5 Å². The molecule has 0 bridgehead atoms. The van der Waals surface area contributed by atoms with E-state index >= 15 is 0 Å². The second kappa shape index (κ2) is 12.5. The molecule has 1 N–H and O–H groups in total. The number of benzene rings is 3. The lowest BCUT2D eigenvalue weighted by molar-refractivity contribution is -0.384. The summed E-state index contributed by atoms with van der Waals surface area (Å²) in [5.74, 6) is 1.97. The van der Waals surface area contributed by atoms with Gasteiger partial charge >= 0.3 is 0 Å². The van der Waals surface area contributed by atoms with Crippen molar-refractivity contribution in [1.29, 1.82) is 0 Å². The number of tetrazole rings is 1. The standard InChI is InChI=1S/C24H23BrN6O4S/c1-34-22-13-18(21(25)14-23(22)35-16-17-7-9-20(10-8-17)31(32)33)15-26-11-12-36-24-27-28-29-30(24)19-5-3-2-4-6-19/h2-10,13-14,26H,11-12,15-16H2,1H3. The summed E-state index contributed by atoms with van der Waals surface area (Å²) in [6, 6.07) is 19.8. The van der Waals surface area contributed by atoms with Gasteiger partial charge in [-0.25, -0.2) is 0 Å². The lowest BCUT2D eigenvalue weighted by atomic mass is 10.2. The molecular weight excluding hydrogens is 548 g/mol. The van der Waals surface area contributed by atoms with Crippen LogP contribution >= 0.6 is 27.7 Å². The number of thioether (sulfide) groups is 1. The topological polar surface area (TPSA) is 117 Å². The van der Waals surface area contributed by atoms with Crippen LogP contribution in [0.2, 0.25) is 0 Å². The van der Waals surface area contributed by atoms with Crippen molar-refractivity contribution in [2.24, 2.45) is 0 Å². The van der Waals surface area contributed by atoms with Crippen LogP contribution in [0.5, 0.6) is 11.5 Å². The van der Waals surface area contributed by atoms with E-state index in [0.29, 0.717) is 18.0 Å². The minimum atomic E-state index is -0.426. The fraction of sp³-hybridized carbons (Fsp3) is 0.208. The van der Waals surface area contributed by atoms with Crippen molar-refractivity contribution in [2.45, 2.75) is 18.3 Å². The Kier molecular flexibility index (Phi) is 8.87. The highest BCUT2D eigenvalue weighted by molar-refractivity contribution is 9.10. The summed E-state index contributed by atoms with van der Waals surface area (Å²) in [7, 11) is 1.59. The van der Waals surface area contributed by atoms with E-state index in [1.165, 1.54) is 12.1 Å². The Bertz CT molecular complexity index is 1300. The van der Waals surface area contributed by atoms with Gasteiger partial charge in [-0.15, -0.1) is 5.10 Å². The molecule has 186 valence electrons. The maximum Gasteiger partial charge on any atom is 0.269 e. The number of para-hydroxylation sites is 1. The van der Waals surface area contributed by atoms with Crippen LogP contribution in [0.25, 0.3) is 5.69 Å². The third kappa shape index (κ3) is 6.59. The average molecular weight is 571 g/mol. The second-order valence-corrected chi connectivity index (χ2v) is 9.46. The molecule has 4 aromatic rings. The summed E-state index contributed by atoms with van der Waals surface area (Å²) in [6.07, 6.45) is 0. The molecule has 4 rings (SSSR count). The minimum absolute atomic E-state index is 0.0454. The van der Waals surface area contributed by atoms with Gasteiger partial charge in [-0.2, -0.15) is 4.68 Å². The second-order valence-electron chi connectivity index (χ2n) is 7.54. The number of rotatable bonds is 12. The van der Waals surface area contributed by atoms with E-state index in [9.17, 15) is 10.1 Å². The number of nitrogens with zero attached hydrogens (tertiary/aromatic N) is 5. The lowest BCUT2D eigenvalue weighted by Gasteiger charge is -2.14. The predicted octanol–water partition coefficient (Wildman–Crippen LogP) is 4.80. The largest absolute Gasteiger partial charge is 0.493 e. The van der Waals surface area contributed by atoms with Crippen LogP contribution in [0.4, 0.5) is 5.69 Å². The van der Waals surface area contributed by atoms with Gasteiger partial charge in [0.25, 0.3) is 5.69 Å². The van der Waals surface area contributed by atoms with Crippen LogP contribution in [0.3, 0.4) is 0 Å². The van der Waals surface area contributed by atoms with Crippen LogP contribution in [0, 0.1) is 10.1 Å². The Morgan fingerprint density at radius 1 is 1.11 bits per heavy atom. The Hall–Kier alpha value is -3.48. The van der Waals surface area contributed by atoms with E-state index in [4.69, 9.17) is 9.47 Å². The molecule has 1 heterocycles. The molecule has 0 aliphatic heterocycles. The van der Waals surface area contributed by atoms with Gasteiger partial charge in [0.05, 0.1) is 17.7 Å². The fourth-order valence-electron chi connectivity index (χ4n) is 3.30. The quantitative estimate of drug-likeness (QED) is 0.111. The summed E-state index contributed by atoms with van der Waals surface area (Å²) in [5.41, 5.74) is 2.81. The Labute approximate surface area is 220 Å². The molecule has 0 aliphatic rings. The fourth-order valence-corrected chi connectivity index (χ4v) is 4.55. The maximum atomic E-state index is 10.8. The molecule has 0 saturated heterocycles. The third-order valence-corrected chi connectivity index (χ3v) is 6.80. The highest BCUT2D eigenvalue weighted by atomic mass is 79.9. The molecule has 0 spiro atoms. The SMILES string of the molecule is COc1cc(CNCCSc2nnnn2-c2ccccc2)c(Br)cc1OCc1ccc([N+](=O)[O-])cc1. The molecule has 0 fully saturated rings. The lowest BCUT2D eigenvalue weighted by Crippen LogP contribution is -2.17. The number of halogens is 1.